The average Bonchev–Trinajstić information content (AvgIpc) is 3.16. The first-order valence-electron chi connectivity index (χ1n) is 8.56. The second kappa shape index (κ2) is 10.8. The first kappa shape index (κ1) is 21.1. The number of nitrogens with one attached hydrogen (secondary N) is 1. The van der Waals surface area contributed by atoms with E-state index >= 15 is 0 Å². The van der Waals surface area contributed by atoms with Crippen LogP contribution >= 0.6 is 27.3 Å². The number of hydrogen-bond acceptors (Lipinski definition) is 4. The molecule has 0 radical (unpaired) electrons. The third-order valence-corrected chi connectivity index (χ3v) is 4.96. The fourth-order valence-corrected chi connectivity index (χ4v) is 3.31. The van der Waals surface area contributed by atoms with Crippen molar-refractivity contribution >= 4 is 38.3 Å². The Balaban J connectivity index is 0.000000208. The van der Waals surface area contributed by atoms with Crippen LogP contribution in [0.1, 0.15) is 25.0 Å². The standard InChI is InChI=1S/C14H13BrO.C7H10N2OS/c1-16-14-8-7-12(10-13(14)15)9-11-5-3-2-4-6-11;1-5(2)6(10)9-7-8-3-4-11-7/h2-8,10H,9H2,1H3;3-5H,1-2H3,(H,8,9,10). The van der Waals surface area contributed by atoms with E-state index in [-0.39, 0.29) is 11.8 Å². The molecule has 0 saturated heterocycles. The maximum atomic E-state index is 11.1. The average molecular weight is 447 g/mol. The number of carbonyl (C=O) groups excluding carboxylic acids is 1. The molecule has 0 aliphatic carbocycles. The Hall–Kier alpha value is -2.18. The molecule has 2 aromatic carbocycles. The van der Waals surface area contributed by atoms with Gasteiger partial charge < -0.3 is 10.1 Å². The Kier molecular flexibility index (Phi) is 8.48. The Morgan fingerprint density at radius 3 is 2.48 bits per heavy atom. The Morgan fingerprint density at radius 1 is 1.19 bits per heavy atom. The van der Waals surface area contributed by atoms with Gasteiger partial charge in [-0.25, -0.2) is 4.98 Å². The van der Waals surface area contributed by atoms with Crippen LogP contribution in [0.25, 0.3) is 0 Å². The minimum Gasteiger partial charge on any atom is -0.496 e. The number of aromatic nitrogens is 1. The summed E-state index contributed by atoms with van der Waals surface area (Å²) in [7, 11) is 1.68. The molecule has 0 fully saturated rings. The molecule has 6 heteroatoms. The van der Waals surface area contributed by atoms with Gasteiger partial charge in [0.1, 0.15) is 5.75 Å². The number of hydrogen-bond donors (Lipinski definition) is 1. The number of nitrogens with zero attached hydrogens (tertiary/aromatic N) is 1. The summed E-state index contributed by atoms with van der Waals surface area (Å²) in [6, 6.07) is 16.6. The summed E-state index contributed by atoms with van der Waals surface area (Å²) in [6.45, 7) is 3.70. The second-order valence-electron chi connectivity index (χ2n) is 6.11. The number of methoxy groups -OCH3 is 1. The Bertz CT molecular complexity index is 837. The quantitative estimate of drug-likeness (QED) is 0.539. The van der Waals surface area contributed by atoms with Crippen molar-refractivity contribution in [1.29, 1.82) is 0 Å². The molecule has 0 atom stereocenters. The lowest BCUT2D eigenvalue weighted by Gasteiger charge is -2.06. The highest BCUT2D eigenvalue weighted by atomic mass is 79.9. The van der Waals surface area contributed by atoms with E-state index in [0.29, 0.717) is 5.13 Å². The number of ether oxygens (including phenoxy) is 1. The Morgan fingerprint density at radius 2 is 1.93 bits per heavy atom. The largest absolute Gasteiger partial charge is 0.496 e. The van der Waals surface area contributed by atoms with Crippen molar-refractivity contribution in [3.05, 3.63) is 75.7 Å². The molecule has 142 valence electrons. The lowest BCUT2D eigenvalue weighted by Crippen LogP contribution is -2.17. The minimum absolute atomic E-state index is 0.0129. The topological polar surface area (TPSA) is 51.2 Å². The third-order valence-electron chi connectivity index (χ3n) is 3.65. The van der Waals surface area contributed by atoms with Crippen LogP contribution in [0.2, 0.25) is 0 Å². The first-order chi connectivity index (χ1) is 13.0. The van der Waals surface area contributed by atoms with Crippen molar-refractivity contribution in [2.45, 2.75) is 20.3 Å². The summed E-state index contributed by atoms with van der Waals surface area (Å²) >= 11 is 4.92. The smallest absolute Gasteiger partial charge is 0.228 e. The number of amides is 1. The van der Waals surface area contributed by atoms with Gasteiger partial charge in [0, 0.05) is 17.5 Å². The normalized spacial score (nSPS) is 10.1. The summed E-state index contributed by atoms with van der Waals surface area (Å²) in [5.74, 6) is 0.899. The molecular weight excluding hydrogens is 424 g/mol. The summed E-state index contributed by atoms with van der Waals surface area (Å²) in [5.41, 5.74) is 2.60. The van der Waals surface area contributed by atoms with E-state index < -0.39 is 0 Å². The van der Waals surface area contributed by atoms with Crippen molar-refractivity contribution in [3.8, 4) is 5.75 Å². The van der Waals surface area contributed by atoms with Gasteiger partial charge in [0.15, 0.2) is 5.13 Å². The SMILES string of the molecule is CC(C)C(=O)Nc1nccs1.COc1ccc(Cc2ccccc2)cc1Br. The van der Waals surface area contributed by atoms with Crippen LogP contribution < -0.4 is 10.1 Å². The zero-order chi connectivity index (χ0) is 19.6. The van der Waals surface area contributed by atoms with Gasteiger partial charge in [0.05, 0.1) is 11.6 Å². The fourth-order valence-electron chi connectivity index (χ4n) is 2.19. The van der Waals surface area contributed by atoms with Crippen molar-refractivity contribution in [2.24, 2.45) is 5.92 Å². The van der Waals surface area contributed by atoms with Crippen molar-refractivity contribution < 1.29 is 9.53 Å². The van der Waals surface area contributed by atoms with Crippen molar-refractivity contribution in [2.75, 3.05) is 12.4 Å². The molecule has 1 aromatic heterocycles. The van der Waals surface area contributed by atoms with Gasteiger partial charge >= 0.3 is 0 Å². The van der Waals surface area contributed by atoms with Gasteiger partial charge in [-0.1, -0.05) is 50.2 Å². The lowest BCUT2D eigenvalue weighted by molar-refractivity contribution is -0.118. The molecule has 1 heterocycles. The molecule has 1 N–H and O–H groups in total. The van der Waals surface area contributed by atoms with E-state index in [1.54, 1.807) is 13.3 Å². The van der Waals surface area contributed by atoms with Gasteiger partial charge in [-0.15, -0.1) is 11.3 Å². The molecule has 3 aromatic rings. The van der Waals surface area contributed by atoms with E-state index in [4.69, 9.17) is 4.74 Å². The molecule has 0 aliphatic rings. The maximum Gasteiger partial charge on any atom is 0.228 e. The first-order valence-corrected chi connectivity index (χ1v) is 10.2. The highest BCUT2D eigenvalue weighted by Crippen LogP contribution is 2.26. The zero-order valence-corrected chi connectivity index (χ0v) is 18.0. The second-order valence-corrected chi connectivity index (χ2v) is 7.86. The van der Waals surface area contributed by atoms with Gasteiger partial charge in [-0.3, -0.25) is 4.79 Å². The van der Waals surface area contributed by atoms with Crippen LogP contribution in [0.3, 0.4) is 0 Å². The molecular formula is C21H23BrN2O2S. The van der Waals surface area contributed by atoms with Gasteiger partial charge in [-0.2, -0.15) is 0 Å². The van der Waals surface area contributed by atoms with Crippen LogP contribution in [0.15, 0.2) is 64.6 Å². The Labute approximate surface area is 172 Å². The van der Waals surface area contributed by atoms with Gasteiger partial charge in [0.2, 0.25) is 5.91 Å². The van der Waals surface area contributed by atoms with Crippen molar-refractivity contribution in [3.63, 3.8) is 0 Å². The van der Waals surface area contributed by atoms with E-state index in [9.17, 15) is 4.79 Å². The fraction of sp³-hybridized carbons (Fsp3) is 0.238. The number of rotatable bonds is 5. The van der Waals surface area contributed by atoms with Gasteiger partial charge in [0.25, 0.3) is 0 Å². The highest BCUT2D eigenvalue weighted by Gasteiger charge is 2.07. The molecule has 3 rings (SSSR count). The molecule has 0 aliphatic heterocycles. The van der Waals surface area contributed by atoms with Gasteiger partial charge in [-0.05, 0) is 45.6 Å². The predicted molar refractivity (Wildman–Crippen MR) is 116 cm³/mol. The number of benzene rings is 2. The predicted octanol–water partition coefficient (Wildman–Crippen LogP) is 5.79. The van der Waals surface area contributed by atoms with Crippen LogP contribution in [-0.4, -0.2) is 18.0 Å². The number of carbonyl (C=O) groups is 1. The van der Waals surface area contributed by atoms with Crippen LogP contribution in [0.4, 0.5) is 5.13 Å². The molecule has 4 nitrogen and oxygen atoms in total. The van der Waals surface area contributed by atoms with E-state index in [1.165, 1.54) is 22.5 Å². The summed E-state index contributed by atoms with van der Waals surface area (Å²) in [6.07, 6.45) is 2.62. The third kappa shape index (κ3) is 7.15. The molecule has 0 unspecified atom stereocenters. The molecule has 0 bridgehead atoms. The molecule has 0 spiro atoms. The minimum atomic E-state index is 0.0129. The van der Waals surface area contributed by atoms with Crippen LogP contribution in [0.5, 0.6) is 5.75 Å². The van der Waals surface area contributed by atoms with E-state index in [0.717, 1.165) is 16.6 Å². The monoisotopic (exact) mass is 446 g/mol. The van der Waals surface area contributed by atoms with Crippen LogP contribution in [0, 0.1) is 5.92 Å². The summed E-state index contributed by atoms with van der Waals surface area (Å²) in [5, 5.41) is 5.19. The summed E-state index contributed by atoms with van der Waals surface area (Å²) in [4.78, 5) is 15.0. The van der Waals surface area contributed by atoms with Crippen LogP contribution in [-0.2, 0) is 11.2 Å². The number of anilines is 1. The number of thiazole rings is 1. The highest BCUT2D eigenvalue weighted by molar-refractivity contribution is 9.10. The zero-order valence-electron chi connectivity index (χ0n) is 15.6. The molecule has 1 amide bonds. The lowest BCUT2D eigenvalue weighted by atomic mass is 10.1. The maximum absolute atomic E-state index is 11.1. The van der Waals surface area contributed by atoms with Crippen molar-refractivity contribution in [1.82, 2.24) is 4.98 Å². The van der Waals surface area contributed by atoms with E-state index in [1.807, 2.05) is 31.4 Å². The molecule has 0 saturated carbocycles. The summed E-state index contributed by atoms with van der Waals surface area (Å²) < 4.78 is 6.21. The van der Waals surface area contributed by atoms with E-state index in [2.05, 4.69) is 62.6 Å². The molecule has 27 heavy (non-hydrogen) atoms. The number of halogens is 1.